The second-order valence-corrected chi connectivity index (χ2v) is 4.09. The molecule has 0 N–H and O–H groups in total. The molecule has 3 nitrogen and oxygen atoms in total. The summed E-state index contributed by atoms with van der Waals surface area (Å²) in [7, 11) is 0. The van der Waals surface area contributed by atoms with Crippen LogP contribution in [-0.2, 0) is 6.18 Å². The van der Waals surface area contributed by atoms with Crippen LogP contribution in [0.25, 0.3) is 0 Å². The van der Waals surface area contributed by atoms with Crippen molar-refractivity contribution in [3.05, 3.63) is 18.1 Å². The maximum absolute atomic E-state index is 12.4. The minimum absolute atomic E-state index is 0.0132. The van der Waals surface area contributed by atoms with Crippen molar-refractivity contribution in [2.75, 3.05) is 0 Å². The van der Waals surface area contributed by atoms with Crippen molar-refractivity contribution >= 4 is 0 Å². The van der Waals surface area contributed by atoms with Gasteiger partial charge in [0.15, 0.2) is 0 Å². The lowest BCUT2D eigenvalue weighted by atomic mass is 9.98. The summed E-state index contributed by atoms with van der Waals surface area (Å²) in [5.41, 5.74) is 0. The molecule has 2 rings (SSSR count). The predicted octanol–water partition coefficient (Wildman–Crippen LogP) is 3.21. The molecule has 6 heteroatoms. The first kappa shape index (κ1) is 12.1. The lowest BCUT2D eigenvalue weighted by Crippen LogP contribution is -2.21. The van der Waals surface area contributed by atoms with Gasteiger partial charge >= 0.3 is 6.18 Å². The molecular weight excluding hydrogens is 233 g/mol. The number of rotatable bonds is 2. The van der Waals surface area contributed by atoms with Gasteiger partial charge in [-0.25, -0.2) is 4.98 Å². The molecule has 1 aliphatic carbocycles. The smallest absolute Gasteiger partial charge is 0.451 e. The fourth-order valence-electron chi connectivity index (χ4n) is 1.90. The highest BCUT2D eigenvalue weighted by Gasteiger charge is 2.35. The maximum Gasteiger partial charge on any atom is 0.451 e. The van der Waals surface area contributed by atoms with Crippen LogP contribution in [0.4, 0.5) is 13.2 Å². The molecule has 1 aliphatic rings. The molecule has 17 heavy (non-hydrogen) atoms. The summed E-state index contributed by atoms with van der Waals surface area (Å²) in [6.07, 6.45) is 1.58. The Kier molecular flexibility index (Phi) is 3.49. The summed E-state index contributed by atoms with van der Waals surface area (Å²) < 4.78 is 42.5. The van der Waals surface area contributed by atoms with E-state index in [1.54, 1.807) is 0 Å². The molecule has 0 spiro atoms. The van der Waals surface area contributed by atoms with Crippen molar-refractivity contribution in [2.24, 2.45) is 0 Å². The zero-order valence-electron chi connectivity index (χ0n) is 9.20. The summed E-state index contributed by atoms with van der Waals surface area (Å²) in [4.78, 5) is 6.57. The van der Waals surface area contributed by atoms with E-state index >= 15 is 0 Å². The minimum Gasteiger partial charge on any atom is -0.474 e. The van der Waals surface area contributed by atoms with E-state index in [0.717, 1.165) is 38.3 Å². The Morgan fingerprint density at radius 2 is 1.88 bits per heavy atom. The van der Waals surface area contributed by atoms with Crippen molar-refractivity contribution in [1.29, 1.82) is 0 Å². The molecular formula is C11H13F3N2O. The normalized spacial score (nSPS) is 18.1. The number of alkyl halides is 3. The molecule has 1 aromatic rings. The molecule has 1 saturated carbocycles. The zero-order valence-corrected chi connectivity index (χ0v) is 9.20. The van der Waals surface area contributed by atoms with E-state index < -0.39 is 12.0 Å². The Morgan fingerprint density at radius 1 is 1.18 bits per heavy atom. The highest BCUT2D eigenvalue weighted by Crippen LogP contribution is 2.28. The fraction of sp³-hybridized carbons (Fsp3) is 0.636. The molecule has 0 atom stereocenters. The average Bonchev–Trinajstić information content (AvgIpc) is 2.29. The zero-order chi connectivity index (χ0) is 12.3. The first-order chi connectivity index (χ1) is 8.05. The molecule has 0 aromatic carbocycles. The predicted molar refractivity (Wildman–Crippen MR) is 54.5 cm³/mol. The van der Waals surface area contributed by atoms with Gasteiger partial charge < -0.3 is 4.74 Å². The van der Waals surface area contributed by atoms with Crippen molar-refractivity contribution in [1.82, 2.24) is 9.97 Å². The second-order valence-electron chi connectivity index (χ2n) is 4.09. The van der Waals surface area contributed by atoms with Crippen LogP contribution in [0.2, 0.25) is 0 Å². The highest BCUT2D eigenvalue weighted by molar-refractivity contribution is 5.10. The molecule has 1 heterocycles. The van der Waals surface area contributed by atoms with Crippen LogP contribution < -0.4 is 4.74 Å². The monoisotopic (exact) mass is 246 g/mol. The summed E-state index contributed by atoms with van der Waals surface area (Å²) in [5.74, 6) is -1.13. The first-order valence-corrected chi connectivity index (χ1v) is 5.62. The number of ether oxygens (including phenoxy) is 1. The Bertz CT molecular complexity index is 375. The van der Waals surface area contributed by atoms with E-state index in [1.165, 1.54) is 6.07 Å². The van der Waals surface area contributed by atoms with Gasteiger partial charge in [-0.3, -0.25) is 0 Å². The summed E-state index contributed by atoms with van der Waals surface area (Å²) in [6, 6.07) is 1.36. The topological polar surface area (TPSA) is 35.0 Å². The highest BCUT2D eigenvalue weighted by atomic mass is 19.4. The number of nitrogens with zero attached hydrogens (tertiary/aromatic N) is 2. The number of halogens is 3. The molecule has 0 radical (unpaired) electrons. The van der Waals surface area contributed by atoms with Crippen LogP contribution >= 0.6 is 0 Å². The molecule has 0 unspecified atom stereocenters. The van der Waals surface area contributed by atoms with E-state index in [0.29, 0.717) is 0 Å². The molecule has 0 amide bonds. The maximum atomic E-state index is 12.4. The van der Waals surface area contributed by atoms with E-state index in [9.17, 15) is 13.2 Å². The van der Waals surface area contributed by atoms with Crippen molar-refractivity contribution in [2.45, 2.75) is 44.4 Å². The van der Waals surface area contributed by atoms with Crippen LogP contribution in [0.5, 0.6) is 5.88 Å². The van der Waals surface area contributed by atoms with Gasteiger partial charge in [0.25, 0.3) is 0 Å². The Hall–Kier alpha value is -1.33. The number of hydrogen-bond donors (Lipinski definition) is 0. The summed E-state index contributed by atoms with van der Waals surface area (Å²) >= 11 is 0. The van der Waals surface area contributed by atoms with Crippen molar-refractivity contribution < 1.29 is 17.9 Å². The largest absolute Gasteiger partial charge is 0.474 e. The van der Waals surface area contributed by atoms with E-state index in [2.05, 4.69) is 9.97 Å². The first-order valence-electron chi connectivity index (χ1n) is 5.62. The summed E-state index contributed by atoms with van der Waals surface area (Å²) in [6.45, 7) is 0. The van der Waals surface area contributed by atoms with Gasteiger partial charge in [0.05, 0.1) is 0 Å². The van der Waals surface area contributed by atoms with Crippen LogP contribution in [0.15, 0.2) is 12.3 Å². The Morgan fingerprint density at radius 3 is 2.53 bits per heavy atom. The third-order valence-corrected chi connectivity index (χ3v) is 2.72. The van der Waals surface area contributed by atoms with Gasteiger partial charge in [-0.15, -0.1) is 0 Å². The molecule has 1 fully saturated rings. The third kappa shape index (κ3) is 3.31. The molecule has 1 aromatic heterocycles. The van der Waals surface area contributed by atoms with Crippen LogP contribution in [0.1, 0.15) is 37.9 Å². The lowest BCUT2D eigenvalue weighted by Gasteiger charge is -2.22. The Balaban J connectivity index is 2.05. The van der Waals surface area contributed by atoms with Gasteiger partial charge in [-0.05, 0) is 25.7 Å². The van der Waals surface area contributed by atoms with E-state index in [-0.39, 0.29) is 12.0 Å². The molecule has 0 bridgehead atoms. The minimum atomic E-state index is -4.52. The van der Waals surface area contributed by atoms with Gasteiger partial charge in [-0.2, -0.15) is 18.2 Å². The van der Waals surface area contributed by atoms with Crippen LogP contribution in [-0.4, -0.2) is 16.1 Å². The van der Waals surface area contributed by atoms with Crippen molar-refractivity contribution in [3.63, 3.8) is 0 Å². The SMILES string of the molecule is FC(F)(F)c1nccc(OC2CCCCC2)n1. The molecule has 0 aliphatic heterocycles. The third-order valence-electron chi connectivity index (χ3n) is 2.72. The van der Waals surface area contributed by atoms with Crippen LogP contribution in [0.3, 0.4) is 0 Å². The van der Waals surface area contributed by atoms with E-state index in [1.807, 2.05) is 0 Å². The van der Waals surface area contributed by atoms with Gasteiger partial charge in [0.1, 0.15) is 6.10 Å². The number of hydrogen-bond acceptors (Lipinski definition) is 3. The fourth-order valence-corrected chi connectivity index (χ4v) is 1.90. The standard InChI is InChI=1S/C11H13F3N2O/c12-11(13,14)10-15-7-6-9(16-10)17-8-4-2-1-3-5-8/h6-8H,1-5H2. The Labute approximate surface area is 97.0 Å². The van der Waals surface area contributed by atoms with Crippen molar-refractivity contribution in [3.8, 4) is 5.88 Å². The summed E-state index contributed by atoms with van der Waals surface area (Å²) in [5, 5.41) is 0. The quantitative estimate of drug-likeness (QED) is 0.803. The average molecular weight is 246 g/mol. The van der Waals surface area contributed by atoms with E-state index in [4.69, 9.17) is 4.74 Å². The van der Waals surface area contributed by atoms with Gasteiger partial charge in [0, 0.05) is 12.3 Å². The van der Waals surface area contributed by atoms with Crippen LogP contribution in [0, 0.1) is 0 Å². The van der Waals surface area contributed by atoms with Gasteiger partial charge in [-0.1, -0.05) is 6.42 Å². The second kappa shape index (κ2) is 4.89. The number of aromatic nitrogens is 2. The lowest BCUT2D eigenvalue weighted by molar-refractivity contribution is -0.145. The van der Waals surface area contributed by atoms with Gasteiger partial charge in [0.2, 0.25) is 11.7 Å². The molecule has 0 saturated heterocycles. The molecule has 94 valence electrons.